The normalized spacial score (nSPS) is 14.8. The van der Waals surface area contributed by atoms with Crippen molar-refractivity contribution in [3.63, 3.8) is 0 Å². The number of anilines is 1. The quantitative estimate of drug-likeness (QED) is 0.218. The largest absolute Gasteiger partial charge is 0.379 e. The molecule has 0 bridgehead atoms. The molecule has 1 aliphatic heterocycles. The van der Waals surface area contributed by atoms with Crippen LogP contribution in [-0.2, 0) is 25.0 Å². The van der Waals surface area contributed by atoms with Crippen molar-refractivity contribution >= 4 is 38.6 Å². The topological polar surface area (TPSA) is 104 Å². The lowest BCUT2D eigenvalue weighted by Crippen LogP contribution is -2.41. The SMILES string of the molecule is CC(C)(C)c1ccc(S(=O)(=O)Nc2ccc3[nH]c(/C=C/C(=O)NCCN4CCOCC4)c(-c4cccc(F)c4)c3c2)cc1. The third-order valence-electron chi connectivity index (χ3n) is 7.46. The summed E-state index contributed by atoms with van der Waals surface area (Å²) < 4.78 is 48.8. The van der Waals surface area contributed by atoms with Gasteiger partial charge in [0, 0.05) is 60.1 Å². The number of fused-ring (bicyclic) bond motifs is 1. The minimum Gasteiger partial charge on any atom is -0.379 e. The summed E-state index contributed by atoms with van der Waals surface area (Å²) in [6.45, 7) is 10.5. The fraction of sp³-hybridized carbons (Fsp3) is 0.303. The number of carbonyl (C=O) groups excluding carboxylic acids is 1. The second kappa shape index (κ2) is 12.7. The molecule has 3 aromatic carbocycles. The van der Waals surface area contributed by atoms with Gasteiger partial charge in [0.25, 0.3) is 10.0 Å². The first-order valence-electron chi connectivity index (χ1n) is 14.3. The van der Waals surface area contributed by atoms with Crippen molar-refractivity contribution in [2.45, 2.75) is 31.1 Å². The van der Waals surface area contributed by atoms with Gasteiger partial charge in [0.05, 0.1) is 18.1 Å². The Morgan fingerprint density at radius 2 is 1.79 bits per heavy atom. The van der Waals surface area contributed by atoms with Crippen molar-refractivity contribution in [1.82, 2.24) is 15.2 Å². The van der Waals surface area contributed by atoms with Crippen LogP contribution in [0, 0.1) is 5.82 Å². The van der Waals surface area contributed by atoms with Gasteiger partial charge in [-0.25, -0.2) is 12.8 Å². The number of halogens is 1. The van der Waals surface area contributed by atoms with Crippen LogP contribution in [0.3, 0.4) is 0 Å². The number of amides is 1. The van der Waals surface area contributed by atoms with E-state index in [1.54, 1.807) is 48.5 Å². The second-order valence-corrected chi connectivity index (χ2v) is 13.3. The third-order valence-corrected chi connectivity index (χ3v) is 8.85. The van der Waals surface area contributed by atoms with Crippen molar-refractivity contribution in [3.05, 3.63) is 89.9 Å². The van der Waals surface area contributed by atoms with Crippen LogP contribution in [0.15, 0.2) is 77.7 Å². The average molecular weight is 605 g/mol. The Morgan fingerprint density at radius 3 is 2.49 bits per heavy atom. The Labute approximate surface area is 252 Å². The zero-order valence-electron chi connectivity index (χ0n) is 24.6. The van der Waals surface area contributed by atoms with Gasteiger partial charge in [0.15, 0.2) is 0 Å². The van der Waals surface area contributed by atoms with E-state index in [0.717, 1.165) is 25.2 Å². The van der Waals surface area contributed by atoms with Gasteiger partial charge >= 0.3 is 0 Å². The molecular weight excluding hydrogens is 567 g/mol. The van der Waals surface area contributed by atoms with Crippen molar-refractivity contribution in [3.8, 4) is 11.1 Å². The van der Waals surface area contributed by atoms with Crippen LogP contribution in [0.2, 0.25) is 0 Å². The van der Waals surface area contributed by atoms with Gasteiger partial charge < -0.3 is 15.0 Å². The summed E-state index contributed by atoms with van der Waals surface area (Å²) in [7, 11) is -3.86. The van der Waals surface area contributed by atoms with Crippen molar-refractivity contribution in [1.29, 1.82) is 0 Å². The maximum absolute atomic E-state index is 14.3. The number of aromatic amines is 1. The van der Waals surface area contributed by atoms with E-state index in [9.17, 15) is 17.6 Å². The number of aromatic nitrogens is 1. The summed E-state index contributed by atoms with van der Waals surface area (Å²) >= 11 is 0. The van der Waals surface area contributed by atoms with Gasteiger partial charge in [-0.1, -0.05) is 45.0 Å². The number of hydrogen-bond donors (Lipinski definition) is 3. The summed E-state index contributed by atoms with van der Waals surface area (Å²) in [6.07, 6.45) is 3.10. The standard InChI is InChI=1S/C33H37FN4O4S/c1-33(2,3)24-7-10-27(11-8-24)43(40,41)37-26-9-12-29-28(22-26)32(23-5-4-6-25(34)21-23)30(36-29)13-14-31(39)35-15-16-38-17-19-42-20-18-38/h4-14,21-22,36-37H,15-20H2,1-3H3,(H,35,39)/b14-13+. The first-order valence-corrected chi connectivity index (χ1v) is 15.8. The summed E-state index contributed by atoms with van der Waals surface area (Å²) in [5, 5.41) is 3.59. The minimum atomic E-state index is -3.86. The van der Waals surface area contributed by atoms with Crippen LogP contribution >= 0.6 is 0 Å². The lowest BCUT2D eigenvalue weighted by molar-refractivity contribution is -0.116. The van der Waals surface area contributed by atoms with Crippen LogP contribution in [0.4, 0.5) is 10.1 Å². The molecule has 0 radical (unpaired) electrons. The fourth-order valence-electron chi connectivity index (χ4n) is 5.08. The van der Waals surface area contributed by atoms with Crippen LogP contribution in [0.5, 0.6) is 0 Å². The van der Waals surface area contributed by atoms with Crippen LogP contribution in [-0.4, -0.2) is 63.6 Å². The molecule has 0 aliphatic carbocycles. The predicted molar refractivity (Wildman–Crippen MR) is 169 cm³/mol. The Hall–Kier alpha value is -3.99. The van der Waals surface area contributed by atoms with Gasteiger partial charge in [-0.15, -0.1) is 0 Å². The average Bonchev–Trinajstić information content (AvgIpc) is 3.34. The molecule has 0 saturated carbocycles. The van der Waals surface area contributed by atoms with Crippen molar-refractivity contribution in [2.75, 3.05) is 44.1 Å². The summed E-state index contributed by atoms with van der Waals surface area (Å²) in [5.74, 6) is -0.652. The summed E-state index contributed by atoms with van der Waals surface area (Å²) in [4.78, 5) is 18.3. The summed E-state index contributed by atoms with van der Waals surface area (Å²) in [6, 6.07) is 18.2. The molecule has 1 aromatic heterocycles. The summed E-state index contributed by atoms with van der Waals surface area (Å²) in [5.41, 5.74) is 3.86. The Bertz CT molecular complexity index is 1740. The molecule has 1 fully saturated rings. The molecule has 4 aromatic rings. The van der Waals surface area contributed by atoms with Crippen LogP contribution in [0.1, 0.15) is 32.0 Å². The van der Waals surface area contributed by atoms with E-state index in [1.165, 1.54) is 18.2 Å². The van der Waals surface area contributed by atoms with Gasteiger partial charge in [-0.2, -0.15) is 0 Å². The van der Waals surface area contributed by atoms with Gasteiger partial charge in [0.1, 0.15) is 5.82 Å². The molecule has 2 heterocycles. The number of sulfonamides is 1. The molecule has 10 heteroatoms. The molecule has 3 N–H and O–H groups in total. The van der Waals surface area contributed by atoms with Crippen molar-refractivity contribution < 1.29 is 22.3 Å². The number of rotatable bonds is 9. The Morgan fingerprint density at radius 1 is 1.05 bits per heavy atom. The highest BCUT2D eigenvalue weighted by atomic mass is 32.2. The number of ether oxygens (including phenoxy) is 1. The molecule has 8 nitrogen and oxygen atoms in total. The zero-order valence-corrected chi connectivity index (χ0v) is 25.4. The van der Waals surface area contributed by atoms with Gasteiger partial charge in [-0.3, -0.25) is 14.4 Å². The van der Waals surface area contributed by atoms with E-state index in [-0.39, 0.29) is 16.2 Å². The van der Waals surface area contributed by atoms with Gasteiger partial charge in [0.2, 0.25) is 5.91 Å². The van der Waals surface area contributed by atoms with E-state index in [1.807, 2.05) is 12.1 Å². The number of nitrogens with one attached hydrogen (secondary N) is 3. The van der Waals surface area contributed by atoms with E-state index < -0.39 is 15.8 Å². The van der Waals surface area contributed by atoms with E-state index in [0.29, 0.717) is 53.2 Å². The smallest absolute Gasteiger partial charge is 0.261 e. The van der Waals surface area contributed by atoms with Crippen LogP contribution < -0.4 is 10.0 Å². The lowest BCUT2D eigenvalue weighted by atomic mass is 9.87. The second-order valence-electron chi connectivity index (χ2n) is 11.6. The molecule has 1 saturated heterocycles. The highest BCUT2D eigenvalue weighted by molar-refractivity contribution is 7.92. The highest BCUT2D eigenvalue weighted by Crippen LogP contribution is 2.35. The molecule has 0 spiro atoms. The maximum atomic E-state index is 14.3. The number of carbonyl (C=O) groups is 1. The first kappa shape index (κ1) is 30.5. The molecule has 43 heavy (non-hydrogen) atoms. The maximum Gasteiger partial charge on any atom is 0.261 e. The van der Waals surface area contributed by atoms with E-state index in [4.69, 9.17) is 4.74 Å². The minimum absolute atomic E-state index is 0.0991. The van der Waals surface area contributed by atoms with E-state index in [2.05, 4.69) is 40.7 Å². The molecule has 226 valence electrons. The predicted octanol–water partition coefficient (Wildman–Crippen LogP) is 5.53. The highest BCUT2D eigenvalue weighted by Gasteiger charge is 2.19. The number of benzene rings is 3. The number of hydrogen-bond acceptors (Lipinski definition) is 5. The number of morpholine rings is 1. The number of H-pyrrole nitrogens is 1. The van der Waals surface area contributed by atoms with Gasteiger partial charge in [-0.05, 0) is 65.1 Å². The molecule has 1 aliphatic rings. The molecule has 0 unspecified atom stereocenters. The van der Waals surface area contributed by atoms with Crippen LogP contribution in [0.25, 0.3) is 28.1 Å². The Balaban J connectivity index is 1.40. The van der Waals surface area contributed by atoms with Crippen molar-refractivity contribution in [2.24, 2.45) is 0 Å². The lowest BCUT2D eigenvalue weighted by Gasteiger charge is -2.26. The molecule has 5 rings (SSSR count). The van der Waals surface area contributed by atoms with E-state index >= 15 is 0 Å². The monoisotopic (exact) mass is 604 g/mol. The first-order chi connectivity index (χ1) is 20.5. The molecular formula is C33H37FN4O4S. The Kier molecular flexibility index (Phi) is 9.00. The molecule has 0 atom stereocenters. The third kappa shape index (κ3) is 7.51. The zero-order chi connectivity index (χ0) is 30.6. The number of nitrogens with zero attached hydrogens (tertiary/aromatic N) is 1. The molecule has 1 amide bonds. The fourth-order valence-corrected chi connectivity index (χ4v) is 6.13.